The number of nitrogens with zero attached hydrogens (tertiary/aromatic N) is 1. The predicted octanol–water partition coefficient (Wildman–Crippen LogP) is 2.92. The molecule has 1 aromatic carbocycles. The van der Waals surface area contributed by atoms with Crippen molar-refractivity contribution in [1.29, 1.82) is 0 Å². The van der Waals surface area contributed by atoms with Crippen LogP contribution in [-0.4, -0.2) is 36.8 Å². The lowest BCUT2D eigenvalue weighted by Crippen LogP contribution is -2.26. The van der Waals surface area contributed by atoms with Crippen molar-refractivity contribution in [1.82, 2.24) is 4.90 Å². The molecule has 0 radical (unpaired) electrons. The van der Waals surface area contributed by atoms with E-state index in [1.54, 1.807) is 36.2 Å². The van der Waals surface area contributed by atoms with Gasteiger partial charge in [-0.05, 0) is 37.6 Å². The summed E-state index contributed by atoms with van der Waals surface area (Å²) in [6, 6.07) is 7.09. The van der Waals surface area contributed by atoms with Crippen LogP contribution >= 0.6 is 0 Å². The maximum absolute atomic E-state index is 12.0. The number of amides is 1. The van der Waals surface area contributed by atoms with E-state index < -0.39 is 0 Å². The molecule has 0 aliphatic rings. The van der Waals surface area contributed by atoms with Gasteiger partial charge in [0.1, 0.15) is 5.75 Å². The van der Waals surface area contributed by atoms with Crippen LogP contribution in [0.1, 0.15) is 43.5 Å². The number of rotatable bonds is 8. The van der Waals surface area contributed by atoms with Gasteiger partial charge in [-0.25, -0.2) is 0 Å². The minimum absolute atomic E-state index is 0.00347. The van der Waals surface area contributed by atoms with Gasteiger partial charge in [0.25, 0.3) is 0 Å². The molecule has 110 valence electrons. The van der Waals surface area contributed by atoms with Crippen LogP contribution in [0.5, 0.6) is 5.75 Å². The second-order valence-corrected chi connectivity index (χ2v) is 4.70. The van der Waals surface area contributed by atoms with Crippen molar-refractivity contribution in [2.45, 2.75) is 33.1 Å². The fraction of sp³-hybridized carbons (Fsp3) is 0.500. The van der Waals surface area contributed by atoms with Crippen LogP contribution in [-0.2, 0) is 4.79 Å². The van der Waals surface area contributed by atoms with E-state index in [9.17, 15) is 9.59 Å². The molecule has 0 fully saturated rings. The molecule has 1 aromatic rings. The fourth-order valence-electron chi connectivity index (χ4n) is 1.69. The summed E-state index contributed by atoms with van der Waals surface area (Å²) in [7, 11) is 1.74. The third-order valence-electron chi connectivity index (χ3n) is 3.12. The van der Waals surface area contributed by atoms with E-state index in [4.69, 9.17) is 4.74 Å². The van der Waals surface area contributed by atoms with Gasteiger partial charge >= 0.3 is 0 Å². The molecule has 0 aliphatic carbocycles. The first-order chi connectivity index (χ1) is 9.58. The van der Waals surface area contributed by atoms with Crippen molar-refractivity contribution in [3.8, 4) is 5.75 Å². The zero-order valence-corrected chi connectivity index (χ0v) is 12.5. The topological polar surface area (TPSA) is 46.6 Å². The molecule has 0 saturated carbocycles. The summed E-state index contributed by atoms with van der Waals surface area (Å²) in [5.41, 5.74) is 0.626. The number of carbonyl (C=O) groups excluding carboxylic acids is 2. The Morgan fingerprint density at radius 1 is 1.10 bits per heavy atom. The van der Waals surface area contributed by atoms with Crippen molar-refractivity contribution < 1.29 is 14.3 Å². The molecule has 0 heterocycles. The Morgan fingerprint density at radius 3 is 2.30 bits per heavy atom. The summed E-state index contributed by atoms with van der Waals surface area (Å²) in [5, 5.41) is 0. The number of hydrogen-bond acceptors (Lipinski definition) is 3. The van der Waals surface area contributed by atoms with E-state index in [-0.39, 0.29) is 24.5 Å². The first-order valence-corrected chi connectivity index (χ1v) is 7.08. The van der Waals surface area contributed by atoms with E-state index in [0.29, 0.717) is 18.7 Å². The normalized spacial score (nSPS) is 10.2. The highest BCUT2D eigenvalue weighted by Gasteiger charge is 2.11. The molecule has 4 nitrogen and oxygen atoms in total. The Balaban J connectivity index is 2.49. The van der Waals surface area contributed by atoms with Gasteiger partial charge in [0.05, 0.1) is 6.61 Å². The Bertz CT molecular complexity index is 440. The summed E-state index contributed by atoms with van der Waals surface area (Å²) in [6.07, 6.45) is 1.46. The quantitative estimate of drug-likeness (QED) is 0.686. The first kappa shape index (κ1) is 16.2. The van der Waals surface area contributed by atoms with Crippen molar-refractivity contribution in [2.24, 2.45) is 0 Å². The molecular formula is C16H23NO3. The van der Waals surface area contributed by atoms with Gasteiger partial charge in [-0.3, -0.25) is 9.59 Å². The molecule has 1 rings (SSSR count). The second kappa shape index (κ2) is 8.35. The summed E-state index contributed by atoms with van der Waals surface area (Å²) in [4.78, 5) is 25.2. The van der Waals surface area contributed by atoms with E-state index in [0.717, 1.165) is 12.2 Å². The van der Waals surface area contributed by atoms with Crippen LogP contribution in [0.3, 0.4) is 0 Å². The molecule has 0 bridgehead atoms. The van der Waals surface area contributed by atoms with Crippen LogP contribution < -0.4 is 4.74 Å². The molecule has 0 saturated heterocycles. The summed E-state index contributed by atoms with van der Waals surface area (Å²) < 4.78 is 5.46. The lowest BCUT2D eigenvalue weighted by Gasteiger charge is -2.13. The van der Waals surface area contributed by atoms with Crippen molar-refractivity contribution in [3.05, 3.63) is 29.8 Å². The van der Waals surface area contributed by atoms with Gasteiger partial charge in [0.2, 0.25) is 5.91 Å². The average Bonchev–Trinajstić information content (AvgIpc) is 2.49. The van der Waals surface area contributed by atoms with Gasteiger partial charge in [0, 0.05) is 32.0 Å². The van der Waals surface area contributed by atoms with Crippen LogP contribution in [0.2, 0.25) is 0 Å². The smallest absolute Gasteiger partial charge is 0.222 e. The molecule has 20 heavy (non-hydrogen) atoms. The standard InChI is InChI=1S/C16H23NO3/c1-4-12-20-14-8-6-13(7-9-14)15(18)10-11-16(19)17(3)5-2/h6-9H,4-5,10-12H2,1-3H3. The molecule has 0 N–H and O–H groups in total. The summed E-state index contributed by atoms with van der Waals surface area (Å²) in [5.74, 6) is 0.763. The third kappa shape index (κ3) is 5.03. The monoisotopic (exact) mass is 277 g/mol. The zero-order valence-electron chi connectivity index (χ0n) is 12.5. The van der Waals surface area contributed by atoms with Crippen LogP contribution in [0.4, 0.5) is 0 Å². The Morgan fingerprint density at radius 2 is 1.75 bits per heavy atom. The van der Waals surface area contributed by atoms with E-state index in [2.05, 4.69) is 0 Å². The van der Waals surface area contributed by atoms with E-state index in [1.807, 2.05) is 13.8 Å². The Labute approximate surface area is 120 Å². The molecular weight excluding hydrogens is 254 g/mol. The highest BCUT2D eigenvalue weighted by atomic mass is 16.5. The van der Waals surface area contributed by atoms with Crippen LogP contribution in [0.15, 0.2) is 24.3 Å². The van der Waals surface area contributed by atoms with Gasteiger partial charge < -0.3 is 9.64 Å². The van der Waals surface area contributed by atoms with Crippen molar-refractivity contribution in [2.75, 3.05) is 20.2 Å². The maximum Gasteiger partial charge on any atom is 0.222 e. The fourth-order valence-corrected chi connectivity index (χ4v) is 1.69. The summed E-state index contributed by atoms with van der Waals surface area (Å²) >= 11 is 0. The first-order valence-electron chi connectivity index (χ1n) is 7.08. The number of benzene rings is 1. The maximum atomic E-state index is 12.0. The van der Waals surface area contributed by atoms with Crippen LogP contribution in [0, 0.1) is 0 Å². The average molecular weight is 277 g/mol. The molecule has 0 spiro atoms. The molecule has 0 aliphatic heterocycles. The molecule has 0 atom stereocenters. The molecule has 1 amide bonds. The number of carbonyl (C=O) groups is 2. The van der Waals surface area contributed by atoms with Crippen molar-refractivity contribution >= 4 is 11.7 Å². The minimum atomic E-state index is -0.00936. The SMILES string of the molecule is CCCOc1ccc(C(=O)CCC(=O)N(C)CC)cc1. The zero-order chi connectivity index (χ0) is 15.0. The summed E-state index contributed by atoms with van der Waals surface area (Å²) in [6.45, 7) is 5.29. The highest BCUT2D eigenvalue weighted by Crippen LogP contribution is 2.14. The lowest BCUT2D eigenvalue weighted by atomic mass is 10.1. The Kier molecular flexibility index (Phi) is 6.77. The number of ether oxygens (including phenoxy) is 1. The number of hydrogen-bond donors (Lipinski definition) is 0. The largest absolute Gasteiger partial charge is 0.494 e. The molecule has 0 aromatic heterocycles. The third-order valence-corrected chi connectivity index (χ3v) is 3.12. The van der Waals surface area contributed by atoms with E-state index >= 15 is 0 Å². The van der Waals surface area contributed by atoms with Gasteiger partial charge in [-0.15, -0.1) is 0 Å². The highest BCUT2D eigenvalue weighted by molar-refractivity contribution is 5.98. The lowest BCUT2D eigenvalue weighted by molar-refractivity contribution is -0.129. The van der Waals surface area contributed by atoms with Gasteiger partial charge in [-0.2, -0.15) is 0 Å². The van der Waals surface area contributed by atoms with Gasteiger partial charge in [-0.1, -0.05) is 6.92 Å². The van der Waals surface area contributed by atoms with E-state index in [1.165, 1.54) is 0 Å². The van der Waals surface area contributed by atoms with Crippen molar-refractivity contribution in [3.63, 3.8) is 0 Å². The van der Waals surface area contributed by atoms with Crippen LogP contribution in [0.25, 0.3) is 0 Å². The molecule has 0 unspecified atom stereocenters. The second-order valence-electron chi connectivity index (χ2n) is 4.70. The molecule has 4 heteroatoms. The Hall–Kier alpha value is -1.84. The van der Waals surface area contributed by atoms with Gasteiger partial charge in [0.15, 0.2) is 5.78 Å². The predicted molar refractivity (Wildman–Crippen MR) is 79.1 cm³/mol. The minimum Gasteiger partial charge on any atom is -0.494 e. The number of ketones is 1. The number of Topliss-reactive ketones (excluding diaryl/α,β-unsaturated/α-hetero) is 1.